The third-order valence-electron chi connectivity index (χ3n) is 1.84. The van der Waals surface area contributed by atoms with Crippen LogP contribution in [0.25, 0.3) is 0 Å². The van der Waals surface area contributed by atoms with Gasteiger partial charge in [-0.1, -0.05) is 6.08 Å². The molecule has 2 nitrogen and oxygen atoms in total. The first-order valence-corrected chi connectivity index (χ1v) is 6.69. The van der Waals surface area contributed by atoms with Gasteiger partial charge in [0.15, 0.2) is 0 Å². The number of hydrogen-bond acceptors (Lipinski definition) is 3. The minimum absolute atomic E-state index is 0.803. The Labute approximate surface area is 92.5 Å². The van der Waals surface area contributed by atoms with Crippen molar-refractivity contribution in [2.45, 2.75) is 19.3 Å². The van der Waals surface area contributed by atoms with Gasteiger partial charge in [-0.05, 0) is 37.8 Å². The van der Waals surface area contributed by atoms with Gasteiger partial charge in [0, 0.05) is 6.54 Å². The minimum atomic E-state index is 0.803. The number of hydrogen-bond donors (Lipinski definition) is 1. The highest BCUT2D eigenvalue weighted by molar-refractivity contribution is 7.98. The van der Waals surface area contributed by atoms with Crippen molar-refractivity contribution in [2.24, 2.45) is 0 Å². The Morgan fingerprint density at radius 3 is 2.86 bits per heavy atom. The molecule has 0 atom stereocenters. The van der Waals surface area contributed by atoms with E-state index in [4.69, 9.17) is 4.74 Å². The van der Waals surface area contributed by atoms with Crippen LogP contribution >= 0.6 is 11.8 Å². The van der Waals surface area contributed by atoms with Gasteiger partial charge >= 0.3 is 0 Å². The van der Waals surface area contributed by atoms with Crippen LogP contribution in [0.1, 0.15) is 19.3 Å². The van der Waals surface area contributed by atoms with E-state index in [-0.39, 0.29) is 0 Å². The fourth-order valence-corrected chi connectivity index (χ4v) is 1.53. The van der Waals surface area contributed by atoms with Gasteiger partial charge in [-0.2, -0.15) is 11.8 Å². The second kappa shape index (κ2) is 13.0. The molecule has 14 heavy (non-hydrogen) atoms. The summed E-state index contributed by atoms with van der Waals surface area (Å²) in [5.74, 6) is 1.28. The van der Waals surface area contributed by atoms with Crippen LogP contribution in [0.3, 0.4) is 0 Å². The van der Waals surface area contributed by atoms with E-state index >= 15 is 0 Å². The fourth-order valence-electron chi connectivity index (χ4n) is 1.03. The average Bonchev–Trinajstić information content (AvgIpc) is 2.21. The summed E-state index contributed by atoms with van der Waals surface area (Å²) >= 11 is 1.92. The molecule has 0 aromatic carbocycles. The molecule has 0 unspecified atom stereocenters. The highest BCUT2D eigenvalue weighted by Crippen LogP contribution is 1.97. The molecule has 0 aliphatic rings. The molecule has 0 aromatic heterocycles. The molecule has 0 spiro atoms. The maximum atomic E-state index is 5.36. The summed E-state index contributed by atoms with van der Waals surface area (Å²) in [6.45, 7) is 7.34. The van der Waals surface area contributed by atoms with Gasteiger partial charge in [0.05, 0.1) is 13.2 Å². The van der Waals surface area contributed by atoms with Crippen molar-refractivity contribution in [3.05, 3.63) is 12.7 Å². The zero-order valence-electron chi connectivity index (χ0n) is 9.26. The van der Waals surface area contributed by atoms with Gasteiger partial charge in [-0.15, -0.1) is 6.58 Å². The third kappa shape index (κ3) is 12.0. The van der Waals surface area contributed by atoms with Gasteiger partial charge < -0.3 is 10.1 Å². The Hall–Kier alpha value is 0.0100. The molecule has 0 saturated carbocycles. The second-order valence-corrected chi connectivity index (χ2v) is 4.13. The molecule has 0 rings (SSSR count). The van der Waals surface area contributed by atoms with Crippen LogP contribution in [0.5, 0.6) is 0 Å². The first-order valence-electron chi connectivity index (χ1n) is 5.30. The van der Waals surface area contributed by atoms with E-state index in [9.17, 15) is 0 Å². The van der Waals surface area contributed by atoms with Crippen LogP contribution in [-0.4, -0.2) is 38.3 Å². The van der Waals surface area contributed by atoms with E-state index in [1.54, 1.807) is 0 Å². The largest absolute Gasteiger partial charge is 0.380 e. The van der Waals surface area contributed by atoms with Crippen molar-refractivity contribution in [1.29, 1.82) is 0 Å². The number of nitrogens with one attached hydrogen (secondary N) is 1. The fraction of sp³-hybridized carbons (Fsp3) is 0.818. The van der Waals surface area contributed by atoms with E-state index in [0.717, 1.165) is 32.7 Å². The Morgan fingerprint density at radius 2 is 2.14 bits per heavy atom. The van der Waals surface area contributed by atoms with Gasteiger partial charge in [0.25, 0.3) is 0 Å². The van der Waals surface area contributed by atoms with Crippen LogP contribution in [0.15, 0.2) is 12.7 Å². The highest BCUT2D eigenvalue weighted by atomic mass is 32.2. The molecule has 0 aliphatic heterocycles. The van der Waals surface area contributed by atoms with Gasteiger partial charge in [0.1, 0.15) is 0 Å². The number of ether oxygens (including phenoxy) is 1. The average molecular weight is 217 g/mol. The summed E-state index contributed by atoms with van der Waals surface area (Å²) < 4.78 is 5.36. The van der Waals surface area contributed by atoms with Crippen LogP contribution < -0.4 is 5.32 Å². The second-order valence-electron chi connectivity index (χ2n) is 3.14. The van der Waals surface area contributed by atoms with Crippen molar-refractivity contribution in [2.75, 3.05) is 38.3 Å². The van der Waals surface area contributed by atoms with Gasteiger partial charge in [0.2, 0.25) is 0 Å². The van der Waals surface area contributed by atoms with Crippen LogP contribution in [0.4, 0.5) is 0 Å². The normalized spacial score (nSPS) is 10.4. The Balaban J connectivity index is 2.81. The predicted octanol–water partition coefficient (Wildman–Crippen LogP) is 2.31. The standard InChI is InChI=1S/C11H23NOS/c1-3-4-9-13-10-8-12-7-5-6-11-14-2/h3,12H,1,4-11H2,2H3. The summed E-state index contributed by atoms with van der Waals surface area (Å²) in [6.07, 6.45) is 7.57. The molecule has 84 valence electrons. The summed E-state index contributed by atoms with van der Waals surface area (Å²) in [5.41, 5.74) is 0. The Morgan fingerprint density at radius 1 is 1.29 bits per heavy atom. The third-order valence-corrected chi connectivity index (χ3v) is 2.54. The van der Waals surface area contributed by atoms with E-state index in [2.05, 4.69) is 18.2 Å². The Kier molecular flexibility index (Phi) is 13.0. The van der Waals surface area contributed by atoms with Gasteiger partial charge in [-0.3, -0.25) is 0 Å². The molecule has 1 N–H and O–H groups in total. The molecule has 0 heterocycles. The summed E-state index contributed by atoms with van der Waals surface area (Å²) in [5, 5.41) is 3.36. The monoisotopic (exact) mass is 217 g/mol. The van der Waals surface area contributed by atoms with Crippen LogP contribution in [0.2, 0.25) is 0 Å². The predicted molar refractivity (Wildman–Crippen MR) is 66.1 cm³/mol. The van der Waals surface area contributed by atoms with Crippen molar-refractivity contribution in [1.82, 2.24) is 5.32 Å². The van der Waals surface area contributed by atoms with Crippen molar-refractivity contribution < 1.29 is 4.74 Å². The quantitative estimate of drug-likeness (QED) is 0.424. The van der Waals surface area contributed by atoms with E-state index in [1.807, 2.05) is 17.8 Å². The molecule has 0 radical (unpaired) electrons. The van der Waals surface area contributed by atoms with Gasteiger partial charge in [-0.25, -0.2) is 0 Å². The minimum Gasteiger partial charge on any atom is -0.380 e. The van der Waals surface area contributed by atoms with Crippen LogP contribution in [-0.2, 0) is 4.74 Å². The molecule has 0 aromatic rings. The molecule has 0 amide bonds. The lowest BCUT2D eigenvalue weighted by Crippen LogP contribution is -2.21. The molecule has 0 aliphatic carbocycles. The molecule has 0 bridgehead atoms. The lowest BCUT2D eigenvalue weighted by atomic mass is 10.3. The van der Waals surface area contributed by atoms with Crippen molar-refractivity contribution >= 4 is 11.8 Å². The number of rotatable bonds is 11. The zero-order chi connectivity index (χ0) is 10.5. The topological polar surface area (TPSA) is 21.3 Å². The maximum absolute atomic E-state index is 5.36. The van der Waals surface area contributed by atoms with Crippen molar-refractivity contribution in [3.63, 3.8) is 0 Å². The summed E-state index contributed by atoms with van der Waals surface area (Å²) in [6, 6.07) is 0. The first kappa shape index (κ1) is 14.0. The lowest BCUT2D eigenvalue weighted by Gasteiger charge is -2.04. The number of unbranched alkanes of at least 4 members (excludes halogenated alkanes) is 1. The number of thioether (sulfide) groups is 1. The Bertz CT molecular complexity index is 120. The SMILES string of the molecule is C=CCCOCCNCCCCSC. The molecule has 3 heteroatoms. The molecule has 0 saturated heterocycles. The van der Waals surface area contributed by atoms with E-state index < -0.39 is 0 Å². The lowest BCUT2D eigenvalue weighted by molar-refractivity contribution is 0.140. The highest BCUT2D eigenvalue weighted by Gasteiger charge is 1.89. The van der Waals surface area contributed by atoms with E-state index in [1.165, 1.54) is 18.6 Å². The van der Waals surface area contributed by atoms with Crippen molar-refractivity contribution in [3.8, 4) is 0 Å². The molecule has 0 fully saturated rings. The van der Waals surface area contributed by atoms with E-state index in [0.29, 0.717) is 0 Å². The first-order chi connectivity index (χ1) is 6.91. The molecular weight excluding hydrogens is 194 g/mol. The summed E-state index contributed by atoms with van der Waals surface area (Å²) in [4.78, 5) is 0. The summed E-state index contributed by atoms with van der Waals surface area (Å²) in [7, 11) is 0. The zero-order valence-corrected chi connectivity index (χ0v) is 10.1. The van der Waals surface area contributed by atoms with Crippen LogP contribution in [0, 0.1) is 0 Å². The molecular formula is C11H23NOS. The smallest absolute Gasteiger partial charge is 0.0591 e. The maximum Gasteiger partial charge on any atom is 0.0591 e.